The maximum absolute atomic E-state index is 11.6. The fourth-order valence-corrected chi connectivity index (χ4v) is 2.74. The zero-order valence-corrected chi connectivity index (χ0v) is 13.5. The van der Waals surface area contributed by atoms with Crippen LogP contribution in [0.15, 0.2) is 4.79 Å². The SMILES string of the molecule is CCOP(=O)(O)COCCCON1CNc2c1nc(N)[nH]c2=O. The van der Waals surface area contributed by atoms with Gasteiger partial charge < -0.3 is 25.2 Å². The van der Waals surface area contributed by atoms with Crippen molar-refractivity contribution in [2.24, 2.45) is 0 Å². The van der Waals surface area contributed by atoms with Gasteiger partial charge in [-0.1, -0.05) is 0 Å². The number of nitrogens with two attached hydrogens (primary N) is 1. The molecule has 1 aromatic rings. The summed E-state index contributed by atoms with van der Waals surface area (Å²) >= 11 is 0. The van der Waals surface area contributed by atoms with Crippen molar-refractivity contribution in [1.82, 2.24) is 9.97 Å². The van der Waals surface area contributed by atoms with Crippen LogP contribution in [-0.2, 0) is 18.7 Å². The molecule has 2 rings (SSSR count). The van der Waals surface area contributed by atoms with Crippen LogP contribution in [0.4, 0.5) is 17.5 Å². The first-order valence-corrected chi connectivity index (χ1v) is 8.77. The van der Waals surface area contributed by atoms with Crippen LogP contribution in [0.3, 0.4) is 0 Å². The second kappa shape index (κ2) is 7.75. The van der Waals surface area contributed by atoms with E-state index in [2.05, 4.69) is 19.8 Å². The topological polar surface area (TPSA) is 152 Å². The molecule has 0 saturated carbocycles. The first kappa shape index (κ1) is 17.7. The summed E-state index contributed by atoms with van der Waals surface area (Å²) in [7, 11) is -3.66. The van der Waals surface area contributed by atoms with E-state index in [1.54, 1.807) is 6.92 Å². The molecule has 1 aliphatic rings. The Balaban J connectivity index is 1.71. The first-order valence-electron chi connectivity index (χ1n) is 7.01. The second-order valence-electron chi connectivity index (χ2n) is 4.64. The molecule has 1 aromatic heterocycles. The van der Waals surface area contributed by atoms with Crippen LogP contribution in [0, 0.1) is 0 Å². The van der Waals surface area contributed by atoms with Gasteiger partial charge in [-0.3, -0.25) is 19.2 Å². The van der Waals surface area contributed by atoms with Crippen LogP contribution in [0.2, 0.25) is 0 Å². The van der Waals surface area contributed by atoms with Gasteiger partial charge in [-0.25, -0.2) is 5.06 Å². The zero-order chi connectivity index (χ0) is 16.9. The molecule has 11 nitrogen and oxygen atoms in total. The summed E-state index contributed by atoms with van der Waals surface area (Å²) in [5.74, 6) is 0.326. The van der Waals surface area contributed by atoms with Crippen molar-refractivity contribution in [1.29, 1.82) is 0 Å². The highest BCUT2D eigenvalue weighted by molar-refractivity contribution is 7.52. The van der Waals surface area contributed by atoms with Crippen LogP contribution >= 0.6 is 7.60 Å². The Morgan fingerprint density at radius 3 is 3.00 bits per heavy atom. The third-order valence-electron chi connectivity index (χ3n) is 2.82. The third-order valence-corrected chi connectivity index (χ3v) is 3.99. The average molecular weight is 349 g/mol. The van der Waals surface area contributed by atoms with Crippen molar-refractivity contribution >= 4 is 25.0 Å². The van der Waals surface area contributed by atoms with Crippen LogP contribution in [0.25, 0.3) is 0 Å². The van der Waals surface area contributed by atoms with Gasteiger partial charge in [-0.2, -0.15) is 4.98 Å². The fraction of sp³-hybridized carbons (Fsp3) is 0.636. The number of nitrogens with one attached hydrogen (secondary N) is 2. The highest BCUT2D eigenvalue weighted by Crippen LogP contribution is 2.41. The summed E-state index contributed by atoms with van der Waals surface area (Å²) in [4.78, 5) is 32.8. The van der Waals surface area contributed by atoms with E-state index in [-0.39, 0.29) is 44.3 Å². The molecule has 0 fully saturated rings. The molecule has 0 radical (unpaired) electrons. The van der Waals surface area contributed by atoms with E-state index >= 15 is 0 Å². The molecule has 5 N–H and O–H groups in total. The van der Waals surface area contributed by atoms with E-state index in [9.17, 15) is 14.3 Å². The molecule has 12 heteroatoms. The highest BCUT2D eigenvalue weighted by atomic mass is 31.2. The number of hydroxylamine groups is 1. The minimum absolute atomic E-state index is 0.00371. The average Bonchev–Trinajstić information content (AvgIpc) is 2.86. The number of rotatable bonds is 9. The smallest absolute Gasteiger partial charge is 0.353 e. The lowest BCUT2D eigenvalue weighted by atomic mass is 10.5. The van der Waals surface area contributed by atoms with Gasteiger partial charge in [-0.05, 0) is 13.3 Å². The van der Waals surface area contributed by atoms with Crippen molar-refractivity contribution in [3.05, 3.63) is 10.4 Å². The van der Waals surface area contributed by atoms with E-state index in [0.717, 1.165) is 0 Å². The molecule has 1 aliphatic heterocycles. The van der Waals surface area contributed by atoms with E-state index < -0.39 is 7.60 Å². The van der Waals surface area contributed by atoms with Crippen molar-refractivity contribution in [3.63, 3.8) is 0 Å². The molecule has 0 bridgehead atoms. The molecular formula is C11H20N5O6P. The van der Waals surface area contributed by atoms with Crippen molar-refractivity contribution < 1.29 is 23.6 Å². The largest absolute Gasteiger partial charge is 0.369 e. The maximum Gasteiger partial charge on any atom is 0.353 e. The Bertz CT molecular complexity index is 638. The summed E-state index contributed by atoms with van der Waals surface area (Å²) in [6.07, 6.45) is 0.124. The first-order chi connectivity index (χ1) is 10.9. The van der Waals surface area contributed by atoms with Crippen molar-refractivity contribution in [2.75, 3.05) is 49.0 Å². The van der Waals surface area contributed by atoms with Crippen LogP contribution in [0.1, 0.15) is 13.3 Å². The Morgan fingerprint density at radius 1 is 1.48 bits per heavy atom. The van der Waals surface area contributed by atoms with E-state index in [4.69, 9.17) is 15.3 Å². The quantitative estimate of drug-likeness (QED) is 0.355. The van der Waals surface area contributed by atoms with Gasteiger partial charge in [0, 0.05) is 6.61 Å². The Kier molecular flexibility index (Phi) is 5.97. The Hall–Kier alpha value is -1.65. The number of ether oxygens (including phenoxy) is 1. The number of nitrogens with zero attached hydrogens (tertiary/aromatic N) is 2. The molecule has 0 aromatic carbocycles. The van der Waals surface area contributed by atoms with Crippen molar-refractivity contribution in [3.8, 4) is 0 Å². The molecule has 0 spiro atoms. The zero-order valence-electron chi connectivity index (χ0n) is 12.7. The third kappa shape index (κ3) is 4.91. The van der Waals surface area contributed by atoms with Gasteiger partial charge >= 0.3 is 7.60 Å². The molecule has 1 atom stereocenters. The minimum Gasteiger partial charge on any atom is -0.369 e. The van der Waals surface area contributed by atoms with E-state index in [1.807, 2.05) is 0 Å². The Morgan fingerprint density at radius 2 is 2.26 bits per heavy atom. The van der Waals surface area contributed by atoms with Crippen LogP contribution in [-0.4, -0.2) is 47.7 Å². The predicted molar refractivity (Wildman–Crippen MR) is 83.1 cm³/mol. The molecule has 2 heterocycles. The number of fused-ring (bicyclic) bond motifs is 1. The normalized spacial score (nSPS) is 16.0. The monoisotopic (exact) mass is 349 g/mol. The molecular weight excluding hydrogens is 329 g/mol. The summed E-state index contributed by atoms with van der Waals surface area (Å²) in [6.45, 7) is 2.56. The van der Waals surface area contributed by atoms with Gasteiger partial charge in [-0.15, -0.1) is 0 Å². The maximum atomic E-state index is 11.6. The lowest BCUT2D eigenvalue weighted by Gasteiger charge is -2.16. The molecule has 0 amide bonds. The van der Waals surface area contributed by atoms with Crippen molar-refractivity contribution in [2.45, 2.75) is 13.3 Å². The molecule has 1 unspecified atom stereocenters. The van der Waals surface area contributed by atoms with E-state index in [0.29, 0.717) is 17.9 Å². The number of aromatic nitrogens is 2. The predicted octanol–water partition coefficient (Wildman–Crippen LogP) is 0.0592. The molecule has 0 saturated heterocycles. The van der Waals surface area contributed by atoms with Gasteiger partial charge in [0.1, 0.15) is 18.7 Å². The lowest BCUT2D eigenvalue weighted by molar-refractivity contribution is 0.0792. The number of nitrogen functional groups attached to an aromatic ring is 1. The van der Waals surface area contributed by atoms with Crippen LogP contribution in [0.5, 0.6) is 0 Å². The second-order valence-corrected chi connectivity index (χ2v) is 6.43. The van der Waals surface area contributed by atoms with Gasteiger partial charge in [0.25, 0.3) is 5.56 Å². The lowest BCUT2D eigenvalue weighted by Crippen LogP contribution is -2.25. The summed E-state index contributed by atoms with van der Waals surface area (Å²) in [5, 5.41) is 4.27. The molecule has 23 heavy (non-hydrogen) atoms. The Labute approximate surface area is 132 Å². The molecule has 0 aliphatic carbocycles. The number of H-pyrrole nitrogens is 1. The van der Waals surface area contributed by atoms with E-state index in [1.165, 1.54) is 5.06 Å². The minimum atomic E-state index is -3.66. The summed E-state index contributed by atoms with van der Waals surface area (Å²) in [5.41, 5.74) is 5.43. The van der Waals surface area contributed by atoms with Crippen LogP contribution < -0.4 is 21.7 Å². The van der Waals surface area contributed by atoms with Gasteiger partial charge in [0.05, 0.1) is 13.2 Å². The number of anilines is 3. The number of hydrogen-bond acceptors (Lipinski definition) is 9. The number of hydrogen-bond donors (Lipinski definition) is 4. The summed E-state index contributed by atoms with van der Waals surface area (Å²) in [6, 6.07) is 0. The molecule has 130 valence electrons. The standard InChI is InChI=1S/C11H20N5O6P/c1-2-22-23(18,19)7-20-4-3-5-21-16-6-13-8-9(16)14-11(12)15-10(8)17/h13H,2-7H2,1H3,(H,18,19)(H3,12,14,15,17). The fourth-order valence-electron chi connectivity index (χ4n) is 1.91. The summed E-state index contributed by atoms with van der Waals surface area (Å²) < 4.78 is 21.1. The highest BCUT2D eigenvalue weighted by Gasteiger charge is 2.24. The number of aromatic amines is 1. The van der Waals surface area contributed by atoms with Gasteiger partial charge in [0.15, 0.2) is 5.82 Å². The van der Waals surface area contributed by atoms with Gasteiger partial charge in [0.2, 0.25) is 5.95 Å².